The molecular weight excluding hydrogens is 240 g/mol. The van der Waals surface area contributed by atoms with Gasteiger partial charge in [0.1, 0.15) is 6.54 Å². The number of aromatic carboxylic acids is 1. The zero-order valence-electron chi connectivity index (χ0n) is 9.60. The third-order valence-corrected chi connectivity index (χ3v) is 2.01. The van der Waals surface area contributed by atoms with Gasteiger partial charge in [-0.2, -0.15) is 0 Å². The lowest BCUT2D eigenvalue weighted by molar-refractivity contribution is -0.139. The van der Waals surface area contributed by atoms with Gasteiger partial charge in [-0.1, -0.05) is 0 Å². The van der Waals surface area contributed by atoms with Gasteiger partial charge in [-0.3, -0.25) is 4.79 Å². The van der Waals surface area contributed by atoms with Crippen molar-refractivity contribution >= 4 is 23.7 Å². The first-order valence-electron chi connectivity index (χ1n) is 4.98. The Bertz CT molecular complexity index is 455. The van der Waals surface area contributed by atoms with Crippen molar-refractivity contribution in [2.45, 2.75) is 0 Å². The van der Waals surface area contributed by atoms with E-state index in [9.17, 15) is 14.4 Å². The summed E-state index contributed by atoms with van der Waals surface area (Å²) in [5.41, 5.74) is 0.540. The smallest absolute Gasteiger partial charge is 0.335 e. The molecule has 3 N–H and O–H groups in total. The van der Waals surface area contributed by atoms with Crippen molar-refractivity contribution in [3.8, 4) is 0 Å². The summed E-state index contributed by atoms with van der Waals surface area (Å²) in [6.07, 6.45) is 0. The van der Waals surface area contributed by atoms with Crippen LogP contribution in [0.5, 0.6) is 0 Å². The van der Waals surface area contributed by atoms with Gasteiger partial charge in [-0.15, -0.1) is 0 Å². The molecule has 0 heterocycles. The van der Waals surface area contributed by atoms with Crippen LogP contribution >= 0.6 is 0 Å². The molecule has 7 heteroatoms. The molecule has 0 saturated heterocycles. The fourth-order valence-electron chi connectivity index (χ4n) is 1.10. The maximum atomic E-state index is 11.3. The number of carbonyl (C=O) groups is 3. The lowest BCUT2D eigenvalue weighted by Crippen LogP contribution is -2.33. The van der Waals surface area contributed by atoms with Crippen LogP contribution < -0.4 is 10.6 Å². The van der Waals surface area contributed by atoms with Crippen molar-refractivity contribution in [2.75, 3.05) is 19.0 Å². The van der Waals surface area contributed by atoms with Crippen LogP contribution in [-0.2, 0) is 9.53 Å². The number of benzene rings is 1. The van der Waals surface area contributed by atoms with Gasteiger partial charge in [0.05, 0.1) is 12.7 Å². The molecule has 0 spiro atoms. The summed E-state index contributed by atoms with van der Waals surface area (Å²) in [4.78, 5) is 32.7. The van der Waals surface area contributed by atoms with E-state index in [0.717, 1.165) is 0 Å². The number of carbonyl (C=O) groups excluding carboxylic acids is 2. The number of hydrogen-bond acceptors (Lipinski definition) is 4. The van der Waals surface area contributed by atoms with Crippen molar-refractivity contribution in [1.82, 2.24) is 5.32 Å². The molecule has 0 aromatic heterocycles. The van der Waals surface area contributed by atoms with E-state index in [2.05, 4.69) is 15.4 Å². The summed E-state index contributed by atoms with van der Waals surface area (Å²) in [6.45, 7) is -0.241. The van der Waals surface area contributed by atoms with Crippen LogP contribution in [0.4, 0.5) is 10.5 Å². The van der Waals surface area contributed by atoms with Gasteiger partial charge in [0.25, 0.3) is 0 Å². The molecule has 0 saturated carbocycles. The summed E-state index contributed by atoms with van der Waals surface area (Å²) >= 11 is 0. The zero-order valence-corrected chi connectivity index (χ0v) is 9.60. The first-order valence-corrected chi connectivity index (χ1v) is 4.98. The molecule has 0 atom stereocenters. The summed E-state index contributed by atoms with van der Waals surface area (Å²) in [5, 5.41) is 13.4. The highest BCUT2D eigenvalue weighted by atomic mass is 16.5. The van der Waals surface area contributed by atoms with Crippen molar-refractivity contribution in [1.29, 1.82) is 0 Å². The number of amides is 2. The Hall–Kier alpha value is -2.57. The summed E-state index contributed by atoms with van der Waals surface area (Å²) < 4.78 is 4.35. The summed E-state index contributed by atoms with van der Waals surface area (Å²) in [7, 11) is 1.21. The number of ether oxygens (including phenoxy) is 1. The second-order valence-electron chi connectivity index (χ2n) is 3.27. The molecule has 0 fully saturated rings. The van der Waals surface area contributed by atoms with Crippen LogP contribution in [0, 0.1) is 0 Å². The number of rotatable bonds is 4. The van der Waals surface area contributed by atoms with E-state index in [1.807, 2.05) is 0 Å². The van der Waals surface area contributed by atoms with E-state index >= 15 is 0 Å². The van der Waals surface area contributed by atoms with Crippen molar-refractivity contribution in [3.63, 3.8) is 0 Å². The predicted molar refractivity (Wildman–Crippen MR) is 62.4 cm³/mol. The van der Waals surface area contributed by atoms with E-state index in [0.29, 0.717) is 5.69 Å². The highest BCUT2D eigenvalue weighted by Crippen LogP contribution is 2.09. The molecule has 7 nitrogen and oxygen atoms in total. The van der Waals surface area contributed by atoms with Gasteiger partial charge in [-0.25, -0.2) is 9.59 Å². The number of hydrogen-bond donors (Lipinski definition) is 3. The molecule has 1 aromatic rings. The Labute approximate surface area is 103 Å². The number of nitrogens with one attached hydrogen (secondary N) is 2. The van der Waals surface area contributed by atoms with E-state index in [1.54, 1.807) is 0 Å². The third kappa shape index (κ3) is 4.12. The van der Waals surface area contributed by atoms with Gasteiger partial charge >= 0.3 is 18.0 Å². The monoisotopic (exact) mass is 252 g/mol. The SMILES string of the molecule is COC(=O)CNC(=O)Nc1ccc(C(=O)O)cc1. The predicted octanol–water partition coefficient (Wildman–Crippen LogP) is 0.679. The quantitative estimate of drug-likeness (QED) is 0.683. The summed E-state index contributed by atoms with van der Waals surface area (Å²) in [5.74, 6) is -1.61. The van der Waals surface area contributed by atoms with Crippen LogP contribution in [-0.4, -0.2) is 36.7 Å². The Morgan fingerprint density at radius 3 is 2.33 bits per heavy atom. The highest BCUT2D eigenvalue weighted by Gasteiger charge is 2.06. The van der Waals surface area contributed by atoms with Crippen molar-refractivity contribution < 1.29 is 24.2 Å². The van der Waals surface area contributed by atoms with E-state index < -0.39 is 18.0 Å². The fraction of sp³-hybridized carbons (Fsp3) is 0.182. The number of carboxylic acid groups (broad SMARTS) is 1. The minimum absolute atomic E-state index is 0.121. The number of methoxy groups -OCH3 is 1. The summed E-state index contributed by atoms with van der Waals surface area (Å²) in [6, 6.07) is 5.03. The van der Waals surface area contributed by atoms with Gasteiger partial charge in [0, 0.05) is 5.69 Å². The standard InChI is InChI=1S/C11H12N2O5/c1-18-9(14)6-12-11(17)13-8-4-2-7(3-5-8)10(15)16/h2-5H,6H2,1H3,(H,15,16)(H2,12,13,17). The minimum Gasteiger partial charge on any atom is -0.478 e. The topological polar surface area (TPSA) is 105 Å². The molecule has 18 heavy (non-hydrogen) atoms. The van der Waals surface area contributed by atoms with Crippen LogP contribution in [0.2, 0.25) is 0 Å². The minimum atomic E-state index is -1.04. The normalized spacial score (nSPS) is 9.39. The molecule has 0 unspecified atom stereocenters. The Morgan fingerprint density at radius 1 is 1.22 bits per heavy atom. The Balaban J connectivity index is 2.49. The average molecular weight is 252 g/mol. The Kier molecular flexibility index (Phi) is 4.67. The van der Waals surface area contributed by atoms with Crippen molar-refractivity contribution in [3.05, 3.63) is 29.8 Å². The molecule has 0 aliphatic rings. The molecule has 1 rings (SSSR count). The zero-order chi connectivity index (χ0) is 13.5. The van der Waals surface area contributed by atoms with Gasteiger partial charge < -0.3 is 20.5 Å². The number of esters is 1. The maximum Gasteiger partial charge on any atom is 0.335 e. The Morgan fingerprint density at radius 2 is 1.83 bits per heavy atom. The van der Waals surface area contributed by atoms with Gasteiger partial charge in [0.2, 0.25) is 0 Å². The van der Waals surface area contributed by atoms with Gasteiger partial charge in [-0.05, 0) is 24.3 Å². The number of anilines is 1. The lowest BCUT2D eigenvalue weighted by atomic mass is 10.2. The third-order valence-electron chi connectivity index (χ3n) is 2.01. The van der Waals surface area contributed by atoms with E-state index in [1.165, 1.54) is 31.4 Å². The fourth-order valence-corrected chi connectivity index (χ4v) is 1.10. The van der Waals surface area contributed by atoms with Crippen LogP contribution in [0.3, 0.4) is 0 Å². The lowest BCUT2D eigenvalue weighted by Gasteiger charge is -2.06. The molecule has 2 amide bonds. The second kappa shape index (κ2) is 6.24. The first kappa shape index (κ1) is 13.5. The van der Waals surface area contributed by atoms with E-state index in [4.69, 9.17) is 5.11 Å². The second-order valence-corrected chi connectivity index (χ2v) is 3.27. The largest absolute Gasteiger partial charge is 0.478 e. The first-order chi connectivity index (χ1) is 8.52. The molecule has 0 aliphatic heterocycles. The molecule has 1 aromatic carbocycles. The van der Waals surface area contributed by atoms with Crippen molar-refractivity contribution in [2.24, 2.45) is 0 Å². The molecule has 0 bridgehead atoms. The number of urea groups is 1. The molecule has 96 valence electrons. The highest BCUT2D eigenvalue weighted by molar-refractivity contribution is 5.92. The van der Waals surface area contributed by atoms with E-state index in [-0.39, 0.29) is 12.1 Å². The maximum absolute atomic E-state index is 11.3. The van der Waals surface area contributed by atoms with Gasteiger partial charge in [0.15, 0.2) is 0 Å². The molecule has 0 radical (unpaired) electrons. The number of carboxylic acids is 1. The average Bonchev–Trinajstić information content (AvgIpc) is 2.36. The van der Waals surface area contributed by atoms with Crippen LogP contribution in [0.25, 0.3) is 0 Å². The van der Waals surface area contributed by atoms with Crippen LogP contribution in [0.1, 0.15) is 10.4 Å². The molecular formula is C11H12N2O5. The molecule has 0 aliphatic carbocycles. The van der Waals surface area contributed by atoms with Crippen LogP contribution in [0.15, 0.2) is 24.3 Å².